The van der Waals surface area contributed by atoms with Crippen molar-refractivity contribution in [3.8, 4) is 34.6 Å². The van der Waals surface area contributed by atoms with Crippen LogP contribution in [0.4, 0.5) is 4.39 Å². The van der Waals surface area contributed by atoms with E-state index in [9.17, 15) is 13.7 Å². The number of benzene rings is 2. The van der Waals surface area contributed by atoms with E-state index in [-0.39, 0.29) is 22.0 Å². The normalized spacial score (nSPS) is 13.6. The third kappa shape index (κ3) is 6.99. The highest BCUT2D eigenvalue weighted by atomic mass is 32.2. The fraction of sp³-hybridized carbons (Fsp3) is 0.394. The monoisotopic (exact) mass is 665 g/mol. The Morgan fingerprint density at radius 1 is 1.04 bits per heavy atom. The van der Waals surface area contributed by atoms with Crippen molar-refractivity contribution >= 4 is 18.2 Å². The predicted octanol–water partition coefficient (Wildman–Crippen LogP) is 6.73. The number of nitriles is 1. The summed E-state index contributed by atoms with van der Waals surface area (Å²) < 4.78 is 63.9. The minimum Gasteiger partial charge on any atom is -0.494 e. The first-order valence-electron chi connectivity index (χ1n) is 14.7. The average molecular weight is 666 g/mol. The number of pyridine rings is 1. The van der Waals surface area contributed by atoms with Crippen LogP contribution in [0.1, 0.15) is 56.3 Å². The maximum atomic E-state index is 15.5. The molecule has 2 aromatic heterocycles. The van der Waals surface area contributed by atoms with E-state index in [1.165, 1.54) is 33.3 Å². The first kappa shape index (κ1) is 34.7. The Bertz CT molecular complexity index is 1860. The Kier molecular flexibility index (Phi) is 10.1. The van der Waals surface area contributed by atoms with E-state index < -0.39 is 41.1 Å². The number of rotatable bonds is 11. The molecule has 0 radical (unpaired) electrons. The summed E-state index contributed by atoms with van der Waals surface area (Å²) in [4.78, 5) is 4.29. The summed E-state index contributed by atoms with van der Waals surface area (Å²) in [5.74, 6) is -0.0165. The molecule has 0 amide bonds. The second-order valence-electron chi connectivity index (χ2n) is 12.7. The number of halogens is 1. The van der Waals surface area contributed by atoms with E-state index in [4.69, 9.17) is 13.9 Å². The minimum absolute atomic E-state index is 0.0688. The van der Waals surface area contributed by atoms with Crippen LogP contribution in [0.5, 0.6) is 11.5 Å². The molecule has 244 valence electrons. The van der Waals surface area contributed by atoms with Crippen LogP contribution in [0.2, 0.25) is 18.1 Å². The lowest BCUT2D eigenvalue weighted by Crippen LogP contribution is -2.45. The molecule has 46 heavy (non-hydrogen) atoms. The number of sulfone groups is 1. The van der Waals surface area contributed by atoms with Crippen LogP contribution in [-0.2, 0) is 20.0 Å². The quantitative estimate of drug-likeness (QED) is 0.160. The molecule has 0 spiro atoms. The van der Waals surface area contributed by atoms with Crippen molar-refractivity contribution in [2.75, 3.05) is 14.2 Å². The van der Waals surface area contributed by atoms with Gasteiger partial charge >= 0.3 is 0 Å². The van der Waals surface area contributed by atoms with Gasteiger partial charge in [0.05, 0.1) is 37.2 Å². The van der Waals surface area contributed by atoms with Crippen LogP contribution < -0.4 is 9.47 Å². The standard InChI is InChI=1S/C33H40FN5O5SSi/c1-21-15-24(19-36-18-21)32-38-37-29(39(32)30-27(42-6)11-10-12-28(30)43-7)20-45(40,41)22(2)31(44-46(8,9)33(3,4)5)25-14-13-23(17-35)16-26(25)34/h10-16,18-19,22,31H,20H2,1-9H3/t22-,31+/m0/s1. The lowest BCUT2D eigenvalue weighted by molar-refractivity contribution is 0.177. The minimum atomic E-state index is -4.11. The van der Waals surface area contributed by atoms with Crippen molar-refractivity contribution in [2.45, 2.75) is 69.9 Å². The maximum Gasteiger partial charge on any atom is 0.192 e. The smallest absolute Gasteiger partial charge is 0.192 e. The van der Waals surface area contributed by atoms with Crippen LogP contribution in [0.25, 0.3) is 17.1 Å². The molecule has 0 aliphatic rings. The van der Waals surface area contributed by atoms with E-state index in [0.29, 0.717) is 28.6 Å². The van der Waals surface area contributed by atoms with Crippen LogP contribution in [0.3, 0.4) is 0 Å². The maximum absolute atomic E-state index is 15.5. The molecule has 2 atom stereocenters. The summed E-state index contributed by atoms with van der Waals surface area (Å²) in [6.45, 7) is 13.4. The molecule has 2 aromatic carbocycles. The first-order valence-corrected chi connectivity index (χ1v) is 19.3. The summed E-state index contributed by atoms with van der Waals surface area (Å²) in [5, 5.41) is 16.6. The number of nitrogens with zero attached hydrogens (tertiary/aromatic N) is 5. The van der Waals surface area contributed by atoms with Crippen molar-refractivity contribution in [1.29, 1.82) is 5.26 Å². The van der Waals surface area contributed by atoms with Gasteiger partial charge < -0.3 is 13.9 Å². The summed E-state index contributed by atoms with van der Waals surface area (Å²) in [6, 6.07) is 13.0. The van der Waals surface area contributed by atoms with Gasteiger partial charge in [0, 0.05) is 23.5 Å². The van der Waals surface area contributed by atoms with Gasteiger partial charge in [-0.05, 0) is 67.9 Å². The molecule has 13 heteroatoms. The Hall–Kier alpha value is -4.12. The number of ether oxygens (including phenoxy) is 2. The van der Waals surface area contributed by atoms with E-state index in [0.717, 1.165) is 11.6 Å². The zero-order valence-corrected chi connectivity index (χ0v) is 29.4. The topological polar surface area (TPSA) is 129 Å². The molecular weight excluding hydrogens is 626 g/mol. The second-order valence-corrected chi connectivity index (χ2v) is 19.8. The van der Waals surface area contributed by atoms with Crippen molar-refractivity contribution < 1.29 is 26.7 Å². The molecule has 0 saturated heterocycles. The molecule has 2 heterocycles. The lowest BCUT2D eigenvalue weighted by atomic mass is 10.0. The molecule has 0 unspecified atom stereocenters. The van der Waals surface area contributed by atoms with E-state index in [2.05, 4.69) is 15.2 Å². The SMILES string of the molecule is COc1cccc(OC)c1-n1c(CS(=O)(=O)[C@@H](C)[C@@H](O[Si](C)(C)C(C)(C)C)c2ccc(C#N)cc2F)nnc1-c1cncc(C)c1. The Labute approximate surface area is 271 Å². The summed E-state index contributed by atoms with van der Waals surface area (Å²) in [7, 11) is -3.74. The highest BCUT2D eigenvalue weighted by molar-refractivity contribution is 7.91. The average Bonchev–Trinajstić information content (AvgIpc) is 3.40. The van der Waals surface area contributed by atoms with Gasteiger partial charge in [-0.2, -0.15) is 5.26 Å². The van der Waals surface area contributed by atoms with E-state index >= 15 is 4.39 Å². The fourth-order valence-electron chi connectivity index (χ4n) is 4.79. The van der Waals surface area contributed by atoms with Crippen molar-refractivity contribution in [2.24, 2.45) is 0 Å². The Balaban J connectivity index is 1.89. The summed E-state index contributed by atoms with van der Waals surface area (Å²) >= 11 is 0. The third-order valence-electron chi connectivity index (χ3n) is 8.48. The highest BCUT2D eigenvalue weighted by Crippen LogP contribution is 2.43. The zero-order valence-electron chi connectivity index (χ0n) is 27.6. The Morgan fingerprint density at radius 2 is 1.70 bits per heavy atom. The molecule has 0 aliphatic heterocycles. The van der Waals surface area contributed by atoms with Gasteiger partial charge in [-0.1, -0.05) is 32.9 Å². The van der Waals surface area contributed by atoms with Crippen molar-refractivity contribution in [1.82, 2.24) is 19.7 Å². The number of methoxy groups -OCH3 is 2. The molecule has 4 aromatic rings. The van der Waals surface area contributed by atoms with Crippen LogP contribution in [0, 0.1) is 24.1 Å². The molecule has 0 fully saturated rings. The van der Waals surface area contributed by atoms with Gasteiger partial charge in [-0.3, -0.25) is 9.55 Å². The molecule has 10 nitrogen and oxygen atoms in total. The number of hydrogen-bond donors (Lipinski definition) is 0. The van der Waals surface area contributed by atoms with Crippen LogP contribution in [0.15, 0.2) is 54.9 Å². The highest BCUT2D eigenvalue weighted by Gasteiger charge is 2.44. The summed E-state index contributed by atoms with van der Waals surface area (Å²) in [6.07, 6.45) is 2.16. The zero-order chi connectivity index (χ0) is 34.0. The number of aromatic nitrogens is 4. The molecule has 4 rings (SSSR count). The van der Waals surface area contributed by atoms with E-state index in [1.807, 2.05) is 52.9 Å². The van der Waals surface area contributed by atoms with Gasteiger partial charge in [0.15, 0.2) is 29.8 Å². The molecular formula is C33H40FN5O5SSi. The van der Waals surface area contributed by atoms with Gasteiger partial charge in [0.25, 0.3) is 0 Å². The van der Waals surface area contributed by atoms with E-state index in [1.54, 1.807) is 35.2 Å². The first-order chi connectivity index (χ1) is 21.5. The predicted molar refractivity (Wildman–Crippen MR) is 177 cm³/mol. The largest absolute Gasteiger partial charge is 0.494 e. The van der Waals surface area contributed by atoms with Gasteiger partial charge in [-0.15, -0.1) is 10.2 Å². The van der Waals surface area contributed by atoms with Crippen LogP contribution >= 0.6 is 0 Å². The fourth-order valence-corrected chi connectivity index (χ4v) is 7.60. The molecule has 0 saturated carbocycles. The number of aryl methyl sites for hydroxylation is 1. The molecule has 0 bridgehead atoms. The van der Waals surface area contributed by atoms with Gasteiger partial charge in [0.1, 0.15) is 28.8 Å². The summed E-state index contributed by atoms with van der Waals surface area (Å²) in [5.41, 5.74) is 2.09. The Morgan fingerprint density at radius 3 is 2.24 bits per heavy atom. The third-order valence-corrected chi connectivity index (χ3v) is 15.0. The number of para-hydroxylation sites is 1. The lowest BCUT2D eigenvalue weighted by Gasteiger charge is -2.41. The van der Waals surface area contributed by atoms with Crippen molar-refractivity contribution in [3.05, 3.63) is 83.2 Å². The van der Waals surface area contributed by atoms with Crippen molar-refractivity contribution in [3.63, 3.8) is 0 Å². The van der Waals surface area contributed by atoms with Gasteiger partial charge in [-0.25, -0.2) is 12.8 Å². The van der Waals surface area contributed by atoms with Crippen LogP contribution in [-0.4, -0.2) is 56.0 Å². The van der Waals surface area contributed by atoms with Gasteiger partial charge in [0.2, 0.25) is 0 Å². The number of hydrogen-bond acceptors (Lipinski definition) is 9. The molecule has 0 N–H and O–H groups in total. The molecule has 0 aliphatic carbocycles. The second kappa shape index (κ2) is 13.3.